The largest absolute Gasteiger partial charge is 0.424 e. The van der Waals surface area contributed by atoms with Gasteiger partial charge in [0.25, 0.3) is 5.56 Å². The van der Waals surface area contributed by atoms with Gasteiger partial charge in [0.1, 0.15) is 11.6 Å². The Labute approximate surface area is 132 Å². The molecule has 0 saturated heterocycles. The summed E-state index contributed by atoms with van der Waals surface area (Å²) in [6, 6.07) is 9.11. The minimum absolute atomic E-state index is 0.0461. The summed E-state index contributed by atoms with van der Waals surface area (Å²) in [5.41, 5.74) is 5.37. The Morgan fingerprint density at radius 3 is 2.77 bits per heavy atom. The highest BCUT2D eigenvalue weighted by Gasteiger charge is 2.34. The second kappa shape index (κ2) is 5.20. The predicted molar refractivity (Wildman–Crippen MR) is 81.1 cm³/mol. The van der Waals surface area contributed by atoms with Gasteiger partial charge in [0.15, 0.2) is 0 Å². The number of nitrogens with two attached hydrogens (primary N) is 1. The number of ether oxygens (including phenoxy) is 1. The van der Waals surface area contributed by atoms with Gasteiger partial charge in [-0.1, -0.05) is 28.1 Å². The number of nitrogens with zero attached hydrogens (tertiary/aromatic N) is 1. The van der Waals surface area contributed by atoms with Gasteiger partial charge in [0.2, 0.25) is 11.8 Å². The van der Waals surface area contributed by atoms with E-state index < -0.39 is 17.2 Å². The highest BCUT2D eigenvalue weighted by atomic mass is 79.9. The van der Waals surface area contributed by atoms with E-state index in [1.54, 1.807) is 18.2 Å². The standard InChI is InChI=1S/C14H9BrN4O3/c15-7-3-1-2-6(4-7)9-8(5-16)11(17)22-13-10(9)12(20)18-14(21)19-13/h1-4,9H,17H2,(H2,18,19,20,21). The Hall–Kier alpha value is -2.79. The number of benzene rings is 1. The van der Waals surface area contributed by atoms with Crippen molar-refractivity contribution >= 4 is 15.9 Å². The van der Waals surface area contributed by atoms with Crippen molar-refractivity contribution in [3.63, 3.8) is 0 Å². The molecule has 1 aliphatic rings. The molecule has 1 unspecified atom stereocenters. The van der Waals surface area contributed by atoms with Crippen molar-refractivity contribution in [2.24, 2.45) is 5.73 Å². The van der Waals surface area contributed by atoms with Crippen molar-refractivity contribution in [1.82, 2.24) is 9.97 Å². The van der Waals surface area contributed by atoms with Crippen LogP contribution >= 0.6 is 15.9 Å². The van der Waals surface area contributed by atoms with Crippen LogP contribution in [0.3, 0.4) is 0 Å². The number of halogens is 1. The van der Waals surface area contributed by atoms with Gasteiger partial charge in [-0.2, -0.15) is 5.26 Å². The molecule has 0 spiro atoms. The molecule has 1 atom stereocenters. The molecule has 0 radical (unpaired) electrons. The van der Waals surface area contributed by atoms with Crippen LogP contribution in [0.15, 0.2) is 49.8 Å². The Kier molecular flexibility index (Phi) is 3.35. The molecule has 110 valence electrons. The topological polar surface area (TPSA) is 125 Å². The van der Waals surface area contributed by atoms with Crippen molar-refractivity contribution in [3.05, 3.63) is 72.2 Å². The molecule has 0 amide bonds. The Morgan fingerprint density at radius 2 is 2.09 bits per heavy atom. The summed E-state index contributed by atoms with van der Waals surface area (Å²) in [6.07, 6.45) is 0. The number of fused-ring (bicyclic) bond motifs is 1. The highest BCUT2D eigenvalue weighted by Crippen LogP contribution is 2.38. The highest BCUT2D eigenvalue weighted by molar-refractivity contribution is 9.10. The van der Waals surface area contributed by atoms with Crippen LogP contribution in [0.25, 0.3) is 0 Å². The first-order valence-corrected chi connectivity index (χ1v) is 7.00. The first-order chi connectivity index (χ1) is 10.5. The second-order valence-corrected chi connectivity index (χ2v) is 5.55. The van der Waals surface area contributed by atoms with Gasteiger partial charge in [-0.3, -0.25) is 14.8 Å². The maximum absolute atomic E-state index is 12.2. The molecule has 0 saturated carbocycles. The maximum atomic E-state index is 12.2. The van der Waals surface area contributed by atoms with Crippen LogP contribution in [0.1, 0.15) is 17.0 Å². The lowest BCUT2D eigenvalue weighted by Crippen LogP contribution is -2.33. The lowest BCUT2D eigenvalue weighted by Gasteiger charge is -2.24. The van der Waals surface area contributed by atoms with Gasteiger partial charge in [0, 0.05) is 4.47 Å². The number of hydrogen-bond donors (Lipinski definition) is 3. The van der Waals surface area contributed by atoms with E-state index in [-0.39, 0.29) is 22.9 Å². The number of allylic oxidation sites excluding steroid dienone is 1. The van der Waals surface area contributed by atoms with Crippen molar-refractivity contribution in [2.45, 2.75) is 5.92 Å². The summed E-state index contributed by atoms with van der Waals surface area (Å²) in [6.45, 7) is 0. The fourth-order valence-electron chi connectivity index (χ4n) is 2.41. The molecular weight excluding hydrogens is 352 g/mol. The third-order valence-corrected chi connectivity index (χ3v) is 3.79. The minimum Gasteiger partial charge on any atom is -0.424 e. The van der Waals surface area contributed by atoms with Crippen LogP contribution in [0, 0.1) is 11.3 Å². The number of aromatic nitrogens is 2. The fraction of sp³-hybridized carbons (Fsp3) is 0.0714. The zero-order valence-electron chi connectivity index (χ0n) is 11.0. The molecule has 0 bridgehead atoms. The Bertz CT molecular complexity index is 952. The van der Waals surface area contributed by atoms with E-state index in [2.05, 4.69) is 25.9 Å². The molecule has 8 heteroatoms. The Morgan fingerprint density at radius 1 is 1.32 bits per heavy atom. The number of aromatic amines is 2. The van der Waals surface area contributed by atoms with E-state index in [0.717, 1.165) is 4.47 Å². The first kappa shape index (κ1) is 14.2. The number of rotatable bonds is 1. The smallest absolute Gasteiger partial charge is 0.328 e. The number of H-pyrrole nitrogens is 2. The van der Waals surface area contributed by atoms with Crippen molar-refractivity contribution in [3.8, 4) is 11.9 Å². The van der Waals surface area contributed by atoms with E-state index in [0.29, 0.717) is 5.56 Å². The molecular formula is C14H9BrN4O3. The lowest BCUT2D eigenvalue weighted by molar-refractivity contribution is 0.373. The van der Waals surface area contributed by atoms with Crippen molar-refractivity contribution in [1.29, 1.82) is 5.26 Å². The van der Waals surface area contributed by atoms with E-state index in [1.807, 2.05) is 12.1 Å². The number of hydrogen-bond acceptors (Lipinski definition) is 5. The Balaban J connectivity index is 2.34. The zero-order valence-corrected chi connectivity index (χ0v) is 12.6. The molecule has 1 aromatic heterocycles. The predicted octanol–water partition coefficient (Wildman–Crippen LogP) is 1.04. The average molecular weight is 361 g/mol. The SMILES string of the molecule is N#CC1=C(N)Oc2[nH]c(=O)[nH]c(=O)c2C1c1cccc(Br)c1. The van der Waals surface area contributed by atoms with Crippen LogP contribution < -0.4 is 21.7 Å². The van der Waals surface area contributed by atoms with E-state index in [4.69, 9.17) is 10.5 Å². The summed E-state index contributed by atoms with van der Waals surface area (Å²) in [5.74, 6) is -0.900. The quantitative estimate of drug-likeness (QED) is 0.700. The van der Waals surface area contributed by atoms with E-state index in [1.165, 1.54) is 0 Å². The summed E-state index contributed by atoms with van der Waals surface area (Å²) in [5, 5.41) is 9.37. The van der Waals surface area contributed by atoms with Crippen molar-refractivity contribution < 1.29 is 4.74 Å². The molecule has 1 aromatic carbocycles. The zero-order chi connectivity index (χ0) is 15.9. The van der Waals surface area contributed by atoms with Crippen LogP contribution in [0.5, 0.6) is 5.88 Å². The fourth-order valence-corrected chi connectivity index (χ4v) is 2.83. The number of nitrogens with one attached hydrogen (secondary N) is 2. The summed E-state index contributed by atoms with van der Waals surface area (Å²) in [4.78, 5) is 28.1. The normalized spacial score (nSPS) is 16.6. The van der Waals surface area contributed by atoms with Gasteiger partial charge < -0.3 is 10.5 Å². The first-order valence-electron chi connectivity index (χ1n) is 6.21. The van der Waals surface area contributed by atoms with Gasteiger partial charge in [-0.25, -0.2) is 4.79 Å². The summed E-state index contributed by atoms with van der Waals surface area (Å²) in [7, 11) is 0. The lowest BCUT2D eigenvalue weighted by atomic mass is 9.85. The van der Waals surface area contributed by atoms with Gasteiger partial charge in [0.05, 0.1) is 11.5 Å². The maximum Gasteiger partial charge on any atom is 0.328 e. The molecule has 2 aromatic rings. The van der Waals surface area contributed by atoms with Gasteiger partial charge >= 0.3 is 5.69 Å². The minimum atomic E-state index is -0.716. The molecule has 22 heavy (non-hydrogen) atoms. The third kappa shape index (κ3) is 2.21. The molecule has 4 N–H and O–H groups in total. The monoisotopic (exact) mass is 360 g/mol. The summed E-state index contributed by atoms with van der Waals surface area (Å²) >= 11 is 3.35. The molecule has 3 rings (SSSR count). The average Bonchev–Trinajstić information content (AvgIpc) is 2.45. The van der Waals surface area contributed by atoms with Crippen LogP contribution in [0.4, 0.5) is 0 Å². The van der Waals surface area contributed by atoms with Gasteiger partial charge in [-0.05, 0) is 17.7 Å². The van der Waals surface area contributed by atoms with Gasteiger partial charge in [-0.15, -0.1) is 0 Å². The second-order valence-electron chi connectivity index (χ2n) is 4.63. The molecule has 0 fully saturated rings. The van der Waals surface area contributed by atoms with Crippen LogP contribution in [0.2, 0.25) is 0 Å². The van der Waals surface area contributed by atoms with Crippen LogP contribution in [-0.2, 0) is 0 Å². The molecule has 0 aliphatic carbocycles. The third-order valence-electron chi connectivity index (χ3n) is 3.30. The van der Waals surface area contributed by atoms with E-state index >= 15 is 0 Å². The van der Waals surface area contributed by atoms with Crippen LogP contribution in [-0.4, -0.2) is 9.97 Å². The van der Waals surface area contributed by atoms with Crippen molar-refractivity contribution in [2.75, 3.05) is 0 Å². The molecule has 2 heterocycles. The summed E-state index contributed by atoms with van der Waals surface area (Å²) < 4.78 is 6.01. The molecule has 1 aliphatic heterocycles. The molecule has 7 nitrogen and oxygen atoms in total. The van der Waals surface area contributed by atoms with E-state index in [9.17, 15) is 14.9 Å². The number of nitriles is 1.